The van der Waals surface area contributed by atoms with Gasteiger partial charge in [0.1, 0.15) is 0 Å². The van der Waals surface area contributed by atoms with Gasteiger partial charge in [-0.3, -0.25) is 14.4 Å². The van der Waals surface area contributed by atoms with Crippen LogP contribution in [0.5, 0.6) is 0 Å². The van der Waals surface area contributed by atoms with Crippen molar-refractivity contribution in [2.45, 2.75) is 49.4 Å². The maximum Gasteiger partial charge on any atom is 0.315 e. The number of fused-ring (bicyclic) bond motifs is 1. The third kappa shape index (κ3) is 7.69. The van der Waals surface area contributed by atoms with Crippen LogP contribution in [0.2, 0.25) is 0 Å². The molecule has 2 fully saturated rings. The van der Waals surface area contributed by atoms with Crippen LogP contribution in [0.3, 0.4) is 0 Å². The lowest BCUT2D eigenvalue weighted by molar-refractivity contribution is -0.116. The number of nitrogens with zero attached hydrogens (tertiary/aromatic N) is 1. The van der Waals surface area contributed by atoms with E-state index in [1.807, 2.05) is 42.1 Å². The fourth-order valence-electron chi connectivity index (χ4n) is 5.04. The molecule has 0 aliphatic carbocycles. The first-order chi connectivity index (χ1) is 20.5. The highest BCUT2D eigenvalue weighted by Gasteiger charge is 2.42. The molecular weight excluding hydrogens is 556 g/mol. The minimum Gasteiger partial charge on any atom is -0.355 e. The molecular formula is C30H34N6O5S. The highest BCUT2D eigenvalue weighted by molar-refractivity contribution is 8.00. The van der Waals surface area contributed by atoms with Crippen LogP contribution in [0.25, 0.3) is 11.3 Å². The lowest BCUT2D eigenvalue weighted by Gasteiger charge is -2.16. The van der Waals surface area contributed by atoms with Crippen LogP contribution in [0, 0.1) is 0 Å². The number of nitrogens with one attached hydrogen (secondary N) is 5. The lowest BCUT2D eigenvalue weighted by Crippen LogP contribution is -2.36. The Morgan fingerprint density at radius 2 is 1.74 bits per heavy atom. The van der Waals surface area contributed by atoms with Gasteiger partial charge in [-0.05, 0) is 37.5 Å². The number of thioether (sulfide) groups is 1. The molecule has 0 unspecified atom stereocenters. The van der Waals surface area contributed by atoms with Gasteiger partial charge in [-0.15, -0.1) is 0 Å². The molecule has 2 aliphatic heterocycles. The maximum absolute atomic E-state index is 12.6. The monoisotopic (exact) mass is 590 g/mol. The predicted octanol–water partition coefficient (Wildman–Crippen LogP) is 3.56. The van der Waals surface area contributed by atoms with Crippen molar-refractivity contribution in [1.82, 2.24) is 26.4 Å². The summed E-state index contributed by atoms with van der Waals surface area (Å²) in [7, 11) is 0. The molecule has 0 bridgehead atoms. The van der Waals surface area contributed by atoms with Crippen molar-refractivity contribution in [3.8, 4) is 11.3 Å². The number of hydrogen-bond donors (Lipinski definition) is 5. The van der Waals surface area contributed by atoms with Crippen molar-refractivity contribution in [2.24, 2.45) is 0 Å². The Morgan fingerprint density at radius 1 is 0.929 bits per heavy atom. The van der Waals surface area contributed by atoms with Gasteiger partial charge in [0.2, 0.25) is 5.91 Å². The van der Waals surface area contributed by atoms with Crippen LogP contribution in [0.4, 0.5) is 10.5 Å². The Balaban J connectivity index is 0.967. The second-order valence-corrected chi connectivity index (χ2v) is 11.6. The first-order valence-corrected chi connectivity index (χ1v) is 15.2. The molecule has 11 nitrogen and oxygen atoms in total. The first-order valence-electron chi connectivity index (χ1n) is 14.1. The zero-order chi connectivity index (χ0) is 29.3. The molecule has 2 saturated heterocycles. The maximum atomic E-state index is 12.6. The van der Waals surface area contributed by atoms with Crippen molar-refractivity contribution in [3.63, 3.8) is 0 Å². The summed E-state index contributed by atoms with van der Waals surface area (Å²) in [5, 5.41) is 18.6. The number of carbonyl (C=O) groups excluding carboxylic acids is 4. The minimum atomic E-state index is -0.346. The Morgan fingerprint density at radius 3 is 2.57 bits per heavy atom. The number of carbonyl (C=O) groups is 4. The summed E-state index contributed by atoms with van der Waals surface area (Å²) in [5.41, 5.74) is 2.03. The summed E-state index contributed by atoms with van der Waals surface area (Å²) in [6.45, 7) is 0.722. The smallest absolute Gasteiger partial charge is 0.315 e. The number of benzene rings is 2. The molecule has 42 heavy (non-hydrogen) atoms. The Bertz CT molecular complexity index is 1410. The van der Waals surface area contributed by atoms with E-state index < -0.39 is 0 Å². The van der Waals surface area contributed by atoms with E-state index in [1.54, 1.807) is 30.3 Å². The second-order valence-electron chi connectivity index (χ2n) is 10.3. The molecule has 3 atom stereocenters. The van der Waals surface area contributed by atoms with E-state index in [1.165, 1.54) is 0 Å². The van der Waals surface area contributed by atoms with Crippen molar-refractivity contribution in [3.05, 3.63) is 71.9 Å². The molecule has 220 valence electrons. The van der Waals surface area contributed by atoms with E-state index in [9.17, 15) is 19.2 Å². The van der Waals surface area contributed by atoms with E-state index >= 15 is 0 Å². The van der Waals surface area contributed by atoms with Crippen LogP contribution in [-0.4, -0.2) is 65.1 Å². The number of rotatable bonds is 13. The molecule has 5 rings (SSSR count). The number of hydrogen-bond acceptors (Lipinski definition) is 7. The summed E-state index contributed by atoms with van der Waals surface area (Å²) in [6, 6.07) is 18.1. The zero-order valence-corrected chi connectivity index (χ0v) is 23.9. The Hall–Kier alpha value is -4.32. The van der Waals surface area contributed by atoms with Crippen LogP contribution >= 0.6 is 11.8 Å². The molecule has 12 heteroatoms. The van der Waals surface area contributed by atoms with Gasteiger partial charge in [0, 0.05) is 53.4 Å². The van der Waals surface area contributed by atoms with E-state index in [0.717, 1.165) is 30.6 Å². The average molecular weight is 591 g/mol. The fourth-order valence-corrected chi connectivity index (χ4v) is 6.58. The van der Waals surface area contributed by atoms with E-state index in [0.29, 0.717) is 48.2 Å². The molecule has 1 aromatic heterocycles. The number of anilines is 1. The highest BCUT2D eigenvalue weighted by atomic mass is 32.2. The van der Waals surface area contributed by atoms with E-state index in [-0.39, 0.29) is 41.5 Å². The van der Waals surface area contributed by atoms with E-state index in [2.05, 4.69) is 31.7 Å². The largest absolute Gasteiger partial charge is 0.355 e. The minimum absolute atomic E-state index is 0.0868. The van der Waals surface area contributed by atoms with Gasteiger partial charge in [-0.25, -0.2) is 4.79 Å². The predicted molar refractivity (Wildman–Crippen MR) is 160 cm³/mol. The van der Waals surface area contributed by atoms with E-state index in [4.69, 9.17) is 4.52 Å². The van der Waals surface area contributed by atoms with Crippen LogP contribution < -0.4 is 26.6 Å². The molecule has 3 aromatic rings. The highest BCUT2D eigenvalue weighted by Crippen LogP contribution is 2.33. The van der Waals surface area contributed by atoms with Gasteiger partial charge >= 0.3 is 6.03 Å². The van der Waals surface area contributed by atoms with Gasteiger partial charge in [0.25, 0.3) is 11.8 Å². The molecule has 3 heterocycles. The van der Waals surface area contributed by atoms with Gasteiger partial charge in [0.05, 0.1) is 12.1 Å². The van der Waals surface area contributed by atoms with Gasteiger partial charge in [0.15, 0.2) is 11.5 Å². The molecule has 5 N–H and O–H groups in total. The number of unbranched alkanes of at least 4 members (excludes halogenated alkanes) is 1. The van der Waals surface area contributed by atoms with Crippen LogP contribution in [-0.2, 0) is 4.79 Å². The number of aromatic nitrogens is 1. The van der Waals surface area contributed by atoms with Gasteiger partial charge in [-0.1, -0.05) is 48.0 Å². The standard InChI is InChI=1S/C30H34N6O5S/c37-26(13-5-4-12-25-27-23(18-42-25)34-30(40)35-27)33-21-11-6-10-20(16-21)28(38)31-14-7-15-32-29(39)22-17-24(41-36-22)19-8-2-1-3-9-19/h1-3,6,8-11,16-17,23,25,27H,4-5,7,12-15,18H2,(H,31,38)(H,32,39)(H,33,37)(H2,34,35,40)/t23-,25-,27-/m0/s1. The van der Waals surface area contributed by atoms with Gasteiger partial charge in [-0.2, -0.15) is 11.8 Å². The summed E-state index contributed by atoms with van der Waals surface area (Å²) in [6.07, 6.45) is 3.53. The molecule has 0 radical (unpaired) electrons. The van der Waals surface area contributed by atoms with Crippen molar-refractivity contribution >= 4 is 41.2 Å². The number of amides is 5. The fraction of sp³-hybridized carbons (Fsp3) is 0.367. The molecule has 0 saturated carbocycles. The van der Waals surface area contributed by atoms with Crippen LogP contribution in [0.15, 0.2) is 65.2 Å². The topological polar surface area (TPSA) is 154 Å². The summed E-state index contributed by atoms with van der Waals surface area (Å²) in [4.78, 5) is 48.9. The third-order valence-electron chi connectivity index (χ3n) is 7.21. The zero-order valence-electron chi connectivity index (χ0n) is 23.1. The Kier molecular flexibility index (Phi) is 9.75. The number of urea groups is 1. The molecule has 0 spiro atoms. The summed E-state index contributed by atoms with van der Waals surface area (Å²) in [5.74, 6) is 0.736. The molecule has 5 amide bonds. The Labute approximate surface area is 247 Å². The normalized spacial score (nSPS) is 19.0. The van der Waals surface area contributed by atoms with Crippen LogP contribution in [0.1, 0.15) is 53.0 Å². The quantitative estimate of drug-likeness (QED) is 0.151. The first kappa shape index (κ1) is 29.2. The summed E-state index contributed by atoms with van der Waals surface area (Å²) >= 11 is 1.87. The molecule has 2 aliphatic rings. The average Bonchev–Trinajstić information content (AvgIpc) is 3.72. The van der Waals surface area contributed by atoms with Gasteiger partial charge < -0.3 is 31.1 Å². The molecule has 2 aromatic carbocycles. The lowest BCUT2D eigenvalue weighted by atomic mass is 10.0. The van der Waals surface area contributed by atoms with Crippen molar-refractivity contribution < 1.29 is 23.7 Å². The summed E-state index contributed by atoms with van der Waals surface area (Å²) < 4.78 is 5.26. The SMILES string of the molecule is O=C(CCCC[C@@H]1SC[C@@H]2NC(=O)N[C@@H]21)Nc1cccc(C(=O)NCCCNC(=O)c2cc(-c3ccccc3)on2)c1. The third-order valence-corrected chi connectivity index (χ3v) is 8.72. The van der Waals surface area contributed by atoms with Crippen molar-refractivity contribution in [1.29, 1.82) is 0 Å². The second kappa shape index (κ2) is 14.0. The van der Waals surface area contributed by atoms with Crippen molar-refractivity contribution in [2.75, 3.05) is 24.2 Å².